The fourth-order valence-corrected chi connectivity index (χ4v) is 5.27. The van der Waals surface area contributed by atoms with Crippen LogP contribution in [0, 0.1) is 0 Å². The number of carbonyl (C=O) groups excluding carboxylic acids is 2. The third kappa shape index (κ3) is 5.81. The summed E-state index contributed by atoms with van der Waals surface area (Å²) in [5, 5.41) is 0. The fourth-order valence-electron chi connectivity index (χ4n) is 5.27. The number of nitrogens with two attached hydrogens (primary N) is 2. The largest absolute Gasteiger partial charge is 0.461 e. The molecule has 2 aromatic heterocycles. The molecule has 5 heterocycles. The van der Waals surface area contributed by atoms with Gasteiger partial charge in [-0.05, 0) is 44.2 Å². The van der Waals surface area contributed by atoms with E-state index in [-0.39, 0.29) is 41.4 Å². The minimum Gasteiger partial charge on any atom is -0.461 e. The van der Waals surface area contributed by atoms with Crippen molar-refractivity contribution in [1.82, 2.24) is 19.9 Å². The molecular weight excluding hydrogens is 490 g/mol. The lowest BCUT2D eigenvalue weighted by Gasteiger charge is -2.33. The molecule has 0 saturated carbocycles. The molecule has 0 radical (unpaired) electrons. The molecule has 5 rings (SSSR count). The van der Waals surface area contributed by atoms with E-state index in [9.17, 15) is 9.59 Å². The number of carbonyl (C=O) groups is 2. The molecule has 0 aromatic carbocycles. The van der Waals surface area contributed by atoms with Gasteiger partial charge in [0.25, 0.3) is 11.8 Å². The highest BCUT2D eigenvalue weighted by atomic mass is 16.5. The van der Waals surface area contributed by atoms with E-state index in [2.05, 4.69) is 19.9 Å². The van der Waals surface area contributed by atoms with Gasteiger partial charge in [-0.1, -0.05) is 0 Å². The normalized spacial score (nSPS) is 22.1. The number of pyridine rings is 1. The second-order valence-corrected chi connectivity index (χ2v) is 10.0. The number of methoxy groups -OCH3 is 1. The van der Waals surface area contributed by atoms with Gasteiger partial charge in [-0.3, -0.25) is 9.59 Å². The number of aromatic nitrogens is 3. The van der Waals surface area contributed by atoms with E-state index in [0.717, 1.165) is 44.4 Å². The molecule has 3 aliphatic rings. The number of anilines is 2. The van der Waals surface area contributed by atoms with Gasteiger partial charge in [-0.25, -0.2) is 4.98 Å². The minimum absolute atomic E-state index is 0.0101. The number of likely N-dealkylation sites (tertiary alicyclic amines) is 1. The lowest BCUT2D eigenvalue weighted by molar-refractivity contribution is 0.0638. The predicted molar refractivity (Wildman–Crippen MR) is 139 cm³/mol. The molecule has 2 aromatic rings. The number of piperidine rings is 1. The number of hydrogen-bond donors (Lipinski definition) is 2. The van der Waals surface area contributed by atoms with E-state index in [1.807, 2.05) is 6.07 Å². The number of ether oxygens (including phenoxy) is 3. The maximum Gasteiger partial charge on any atom is 0.319 e. The van der Waals surface area contributed by atoms with Crippen LogP contribution in [-0.2, 0) is 9.47 Å². The van der Waals surface area contributed by atoms with E-state index in [1.165, 1.54) is 0 Å². The summed E-state index contributed by atoms with van der Waals surface area (Å²) in [6.45, 7) is 3.61. The van der Waals surface area contributed by atoms with Crippen LogP contribution in [0.25, 0.3) is 0 Å². The monoisotopic (exact) mass is 525 g/mol. The first-order valence-electron chi connectivity index (χ1n) is 13.2. The van der Waals surface area contributed by atoms with Crippen LogP contribution in [0.15, 0.2) is 18.2 Å². The zero-order valence-corrected chi connectivity index (χ0v) is 21.7. The van der Waals surface area contributed by atoms with Crippen LogP contribution in [0.5, 0.6) is 6.01 Å². The number of nitrogens with zero attached hydrogens (tertiary/aromatic N) is 5. The zero-order valence-electron chi connectivity index (χ0n) is 21.7. The van der Waals surface area contributed by atoms with Gasteiger partial charge < -0.3 is 35.5 Å². The van der Waals surface area contributed by atoms with Crippen molar-refractivity contribution in [3.63, 3.8) is 0 Å². The minimum atomic E-state index is -0.634. The first kappa shape index (κ1) is 26.1. The fraction of sp³-hybridized carbons (Fsp3) is 0.577. The van der Waals surface area contributed by atoms with Crippen molar-refractivity contribution in [2.75, 3.05) is 57.1 Å². The van der Waals surface area contributed by atoms with Crippen LogP contribution in [-0.4, -0.2) is 90.4 Å². The maximum atomic E-state index is 13.3. The van der Waals surface area contributed by atoms with Crippen molar-refractivity contribution in [1.29, 1.82) is 0 Å². The van der Waals surface area contributed by atoms with E-state index >= 15 is 0 Å². The summed E-state index contributed by atoms with van der Waals surface area (Å²) < 4.78 is 17.0. The Morgan fingerprint density at radius 3 is 2.61 bits per heavy atom. The molecule has 3 fully saturated rings. The third-order valence-corrected chi connectivity index (χ3v) is 7.52. The smallest absolute Gasteiger partial charge is 0.319 e. The zero-order chi connectivity index (χ0) is 26.6. The van der Waals surface area contributed by atoms with Gasteiger partial charge in [0.05, 0.1) is 17.9 Å². The summed E-state index contributed by atoms with van der Waals surface area (Å²) in [5.41, 5.74) is 12.8. The Bertz CT molecular complexity index is 1160. The maximum absolute atomic E-state index is 13.3. The van der Waals surface area contributed by atoms with Gasteiger partial charge in [0.1, 0.15) is 18.1 Å². The Balaban J connectivity index is 1.32. The quantitative estimate of drug-likeness (QED) is 0.515. The number of hydrogen-bond acceptors (Lipinski definition) is 10. The summed E-state index contributed by atoms with van der Waals surface area (Å²) >= 11 is 0. The molecule has 0 unspecified atom stereocenters. The highest BCUT2D eigenvalue weighted by molar-refractivity contribution is 5.96. The Hall–Kier alpha value is -3.51. The van der Waals surface area contributed by atoms with Gasteiger partial charge in [-0.15, -0.1) is 0 Å². The summed E-state index contributed by atoms with van der Waals surface area (Å²) in [7, 11) is 1.66. The van der Waals surface area contributed by atoms with E-state index < -0.39 is 5.91 Å². The van der Waals surface area contributed by atoms with Crippen LogP contribution < -0.4 is 21.1 Å². The third-order valence-electron chi connectivity index (χ3n) is 7.52. The number of amides is 2. The predicted octanol–water partition coefficient (Wildman–Crippen LogP) is 1.36. The molecule has 0 spiro atoms. The topological polar surface area (TPSA) is 159 Å². The van der Waals surface area contributed by atoms with Gasteiger partial charge in [0.2, 0.25) is 0 Å². The molecule has 0 aliphatic carbocycles. The molecular formula is C26H35N7O5. The molecule has 3 saturated heterocycles. The average Bonchev–Trinajstić information content (AvgIpc) is 3.64. The van der Waals surface area contributed by atoms with Gasteiger partial charge in [-0.2, -0.15) is 9.97 Å². The van der Waals surface area contributed by atoms with Crippen molar-refractivity contribution < 1.29 is 23.8 Å². The van der Waals surface area contributed by atoms with Crippen molar-refractivity contribution in [2.24, 2.45) is 5.73 Å². The van der Waals surface area contributed by atoms with Crippen molar-refractivity contribution in [2.45, 2.75) is 50.2 Å². The molecule has 2 atom stereocenters. The molecule has 204 valence electrons. The first-order chi connectivity index (χ1) is 18.4. The number of primary amides is 1. The molecule has 0 bridgehead atoms. The second kappa shape index (κ2) is 11.5. The molecule has 38 heavy (non-hydrogen) atoms. The van der Waals surface area contributed by atoms with Crippen molar-refractivity contribution in [3.8, 4) is 6.01 Å². The van der Waals surface area contributed by atoms with Gasteiger partial charge in [0, 0.05) is 57.6 Å². The number of rotatable bonds is 8. The van der Waals surface area contributed by atoms with Crippen LogP contribution in [0.2, 0.25) is 0 Å². The van der Waals surface area contributed by atoms with Crippen LogP contribution >= 0.6 is 0 Å². The van der Waals surface area contributed by atoms with Gasteiger partial charge in [0.15, 0.2) is 5.69 Å². The lowest BCUT2D eigenvalue weighted by Crippen LogP contribution is -2.35. The van der Waals surface area contributed by atoms with Crippen LogP contribution in [0.3, 0.4) is 0 Å². The first-order valence-corrected chi connectivity index (χ1v) is 13.2. The average molecular weight is 526 g/mol. The van der Waals surface area contributed by atoms with Crippen LogP contribution in [0.1, 0.15) is 64.7 Å². The summed E-state index contributed by atoms with van der Waals surface area (Å²) in [6.07, 6.45) is 4.36. The molecule has 3 aliphatic heterocycles. The summed E-state index contributed by atoms with van der Waals surface area (Å²) in [5.74, 6) is 0.00820. The summed E-state index contributed by atoms with van der Waals surface area (Å²) in [6, 6.07) is 5.46. The Morgan fingerprint density at radius 2 is 1.92 bits per heavy atom. The van der Waals surface area contributed by atoms with E-state index in [0.29, 0.717) is 44.3 Å². The van der Waals surface area contributed by atoms with Crippen LogP contribution in [0.4, 0.5) is 11.5 Å². The summed E-state index contributed by atoms with van der Waals surface area (Å²) in [4.78, 5) is 42.5. The van der Waals surface area contributed by atoms with E-state index in [1.54, 1.807) is 24.1 Å². The highest BCUT2D eigenvalue weighted by Crippen LogP contribution is 2.31. The Labute approximate surface area is 221 Å². The number of nitrogen functional groups attached to an aromatic ring is 1. The Morgan fingerprint density at radius 1 is 1.11 bits per heavy atom. The van der Waals surface area contributed by atoms with E-state index in [4.69, 9.17) is 25.7 Å². The highest BCUT2D eigenvalue weighted by Gasteiger charge is 2.30. The van der Waals surface area contributed by atoms with Crippen molar-refractivity contribution >= 4 is 23.3 Å². The van der Waals surface area contributed by atoms with Crippen molar-refractivity contribution in [3.05, 3.63) is 35.3 Å². The Kier molecular flexibility index (Phi) is 7.89. The lowest BCUT2D eigenvalue weighted by atomic mass is 9.92. The molecule has 2 amide bonds. The molecule has 4 N–H and O–H groups in total. The van der Waals surface area contributed by atoms with Gasteiger partial charge >= 0.3 is 6.01 Å². The SMILES string of the molecule is CO[C@@H]1CCN(C(=O)c2cc(N3CCC(c4ccc(N)c(C(N)=O)n4)CC3)nc(OC[C@H]3CCCO3)n2)C1. The second-order valence-electron chi connectivity index (χ2n) is 10.0. The molecule has 12 nitrogen and oxygen atoms in total. The molecule has 12 heteroatoms. The standard InChI is InChI=1S/C26H35N7O5/c1-36-17-8-11-33(14-17)25(35)21-13-22(31-26(30-21)38-15-18-3-2-12-37-18)32-9-6-16(7-10-32)20-5-4-19(27)23(29-20)24(28)34/h4-5,13,16-18H,2-3,6-12,14-15,27H2,1H3,(H2,28,34)/t17-,18-/m1/s1.